The van der Waals surface area contributed by atoms with E-state index < -0.39 is 4.92 Å². The van der Waals surface area contributed by atoms with E-state index in [0.29, 0.717) is 22.7 Å². The Labute approximate surface area is 169 Å². The summed E-state index contributed by atoms with van der Waals surface area (Å²) in [5, 5.41) is 13.4. The van der Waals surface area contributed by atoms with Crippen molar-refractivity contribution in [1.82, 2.24) is 4.90 Å². The maximum Gasteiger partial charge on any atom is 0.269 e. The lowest BCUT2D eigenvalue weighted by atomic mass is 9.98. The van der Waals surface area contributed by atoms with Crippen LogP contribution in [0.2, 0.25) is 0 Å². The summed E-state index contributed by atoms with van der Waals surface area (Å²) in [5.74, 6) is 0.357. The summed E-state index contributed by atoms with van der Waals surface area (Å²) in [6.07, 6.45) is 4.99. The third-order valence-corrected chi connectivity index (χ3v) is 5.00. The number of nitro benzene ring substituents is 1. The highest BCUT2D eigenvalue weighted by Gasteiger charge is 2.21. The molecule has 0 aliphatic carbocycles. The summed E-state index contributed by atoms with van der Waals surface area (Å²) >= 11 is 0. The van der Waals surface area contributed by atoms with E-state index in [1.165, 1.54) is 18.2 Å². The fraction of sp³-hybridized carbons (Fsp3) is 0.273. The smallest absolute Gasteiger partial charge is 0.269 e. The summed E-state index contributed by atoms with van der Waals surface area (Å²) < 4.78 is 0. The largest absolute Gasteiger partial charge is 0.339 e. The second-order valence-electron chi connectivity index (χ2n) is 7.22. The van der Waals surface area contributed by atoms with Crippen molar-refractivity contribution in [3.05, 3.63) is 75.8 Å². The summed E-state index contributed by atoms with van der Waals surface area (Å²) in [6.45, 7) is 3.77. The van der Waals surface area contributed by atoms with E-state index >= 15 is 0 Å². The Balaban J connectivity index is 1.55. The Morgan fingerprint density at radius 2 is 1.69 bits per heavy atom. The standard InChI is InChI=1S/C22H23N3O4/c1-16-12-14-24(15-13-16)22(27)18-5-7-19(8-6-18)23-21(26)11-4-17-2-9-20(10-3-17)25(28)29/h2-11,16H,12-15H2,1H3,(H,23,26)/b11-4+. The molecular formula is C22H23N3O4. The Morgan fingerprint density at radius 1 is 1.07 bits per heavy atom. The van der Waals surface area contributed by atoms with Crippen LogP contribution < -0.4 is 5.32 Å². The Kier molecular flexibility index (Phi) is 6.39. The van der Waals surface area contributed by atoms with Gasteiger partial charge in [0.1, 0.15) is 0 Å². The van der Waals surface area contributed by atoms with Gasteiger partial charge in [0.05, 0.1) is 4.92 Å². The fourth-order valence-electron chi connectivity index (χ4n) is 3.15. The van der Waals surface area contributed by atoms with E-state index in [2.05, 4.69) is 12.2 Å². The number of piperidine rings is 1. The van der Waals surface area contributed by atoms with E-state index in [-0.39, 0.29) is 17.5 Å². The maximum absolute atomic E-state index is 12.6. The molecule has 1 N–H and O–H groups in total. The van der Waals surface area contributed by atoms with Crippen LogP contribution in [0.5, 0.6) is 0 Å². The van der Waals surface area contributed by atoms with E-state index in [4.69, 9.17) is 0 Å². The lowest BCUT2D eigenvalue weighted by molar-refractivity contribution is -0.384. The molecule has 1 heterocycles. The minimum atomic E-state index is -0.472. The first-order valence-corrected chi connectivity index (χ1v) is 9.55. The lowest BCUT2D eigenvalue weighted by Gasteiger charge is -2.30. The maximum atomic E-state index is 12.6. The van der Waals surface area contributed by atoms with Crippen molar-refractivity contribution in [3.8, 4) is 0 Å². The molecule has 1 aliphatic rings. The van der Waals surface area contributed by atoms with Crippen molar-refractivity contribution in [2.24, 2.45) is 5.92 Å². The number of nitro groups is 1. The van der Waals surface area contributed by atoms with Crippen molar-refractivity contribution >= 4 is 29.3 Å². The molecule has 2 aromatic rings. The van der Waals surface area contributed by atoms with E-state index in [1.807, 2.05) is 4.90 Å². The summed E-state index contributed by atoms with van der Waals surface area (Å²) in [6, 6.07) is 12.8. The van der Waals surface area contributed by atoms with Crippen LogP contribution in [0.4, 0.5) is 11.4 Å². The molecular weight excluding hydrogens is 370 g/mol. The fourth-order valence-corrected chi connectivity index (χ4v) is 3.15. The highest BCUT2D eigenvalue weighted by atomic mass is 16.6. The molecule has 0 atom stereocenters. The Bertz CT molecular complexity index is 912. The van der Waals surface area contributed by atoms with Gasteiger partial charge in [-0.3, -0.25) is 19.7 Å². The molecule has 0 aromatic heterocycles. The Morgan fingerprint density at radius 3 is 2.28 bits per heavy atom. The van der Waals surface area contributed by atoms with E-state index in [1.54, 1.807) is 42.5 Å². The number of amides is 2. The third-order valence-electron chi connectivity index (χ3n) is 5.00. The first kappa shape index (κ1) is 20.3. The number of rotatable bonds is 5. The van der Waals surface area contributed by atoms with Gasteiger partial charge >= 0.3 is 0 Å². The number of carbonyl (C=O) groups excluding carboxylic acids is 2. The minimum absolute atomic E-state index is 0.000281. The van der Waals surface area contributed by atoms with Crippen molar-refractivity contribution < 1.29 is 14.5 Å². The average Bonchev–Trinajstić information content (AvgIpc) is 2.73. The molecule has 2 aromatic carbocycles. The topological polar surface area (TPSA) is 92.6 Å². The van der Waals surface area contributed by atoms with Gasteiger partial charge in [-0.25, -0.2) is 0 Å². The van der Waals surface area contributed by atoms with Crippen LogP contribution in [-0.4, -0.2) is 34.7 Å². The van der Waals surface area contributed by atoms with Gasteiger partial charge in [0, 0.05) is 42.5 Å². The second-order valence-corrected chi connectivity index (χ2v) is 7.22. The van der Waals surface area contributed by atoms with Crippen LogP contribution in [-0.2, 0) is 4.79 Å². The number of likely N-dealkylation sites (tertiary alicyclic amines) is 1. The van der Waals surface area contributed by atoms with Gasteiger partial charge in [0.2, 0.25) is 5.91 Å². The number of hydrogen-bond donors (Lipinski definition) is 1. The summed E-state index contributed by atoms with van der Waals surface area (Å²) in [5.41, 5.74) is 1.88. The number of anilines is 1. The van der Waals surface area contributed by atoms with Gasteiger partial charge in [-0.05, 0) is 66.8 Å². The normalized spacial score (nSPS) is 14.7. The molecule has 2 amide bonds. The highest BCUT2D eigenvalue weighted by Crippen LogP contribution is 2.19. The van der Waals surface area contributed by atoms with Gasteiger partial charge in [-0.15, -0.1) is 0 Å². The van der Waals surface area contributed by atoms with Crippen molar-refractivity contribution in [1.29, 1.82) is 0 Å². The zero-order chi connectivity index (χ0) is 20.8. The minimum Gasteiger partial charge on any atom is -0.339 e. The second kappa shape index (κ2) is 9.14. The van der Waals surface area contributed by atoms with Crippen LogP contribution in [0, 0.1) is 16.0 Å². The highest BCUT2D eigenvalue weighted by molar-refractivity contribution is 6.02. The molecule has 3 rings (SSSR count). The van der Waals surface area contributed by atoms with Crippen LogP contribution in [0.3, 0.4) is 0 Å². The van der Waals surface area contributed by atoms with Crippen LogP contribution >= 0.6 is 0 Å². The van der Waals surface area contributed by atoms with Gasteiger partial charge in [-0.2, -0.15) is 0 Å². The first-order valence-electron chi connectivity index (χ1n) is 9.55. The Hall–Kier alpha value is -3.48. The number of nitrogens with one attached hydrogen (secondary N) is 1. The number of nitrogens with zero attached hydrogens (tertiary/aromatic N) is 2. The first-order chi connectivity index (χ1) is 13.9. The monoisotopic (exact) mass is 393 g/mol. The van der Waals surface area contributed by atoms with Gasteiger partial charge in [0.15, 0.2) is 0 Å². The molecule has 0 saturated carbocycles. The van der Waals surface area contributed by atoms with E-state index in [9.17, 15) is 19.7 Å². The summed E-state index contributed by atoms with van der Waals surface area (Å²) in [4.78, 5) is 36.7. The predicted octanol–water partition coefficient (Wildman–Crippen LogP) is 4.12. The number of hydrogen-bond acceptors (Lipinski definition) is 4. The molecule has 1 fully saturated rings. The van der Waals surface area contributed by atoms with Gasteiger partial charge in [-0.1, -0.05) is 6.92 Å². The lowest BCUT2D eigenvalue weighted by Crippen LogP contribution is -2.37. The van der Waals surface area contributed by atoms with Crippen molar-refractivity contribution in [2.45, 2.75) is 19.8 Å². The molecule has 0 unspecified atom stereocenters. The van der Waals surface area contributed by atoms with Crippen LogP contribution in [0.1, 0.15) is 35.7 Å². The predicted molar refractivity (Wildman–Crippen MR) is 112 cm³/mol. The molecule has 7 heteroatoms. The molecule has 0 radical (unpaired) electrons. The van der Waals surface area contributed by atoms with Gasteiger partial charge < -0.3 is 10.2 Å². The number of benzene rings is 2. The zero-order valence-corrected chi connectivity index (χ0v) is 16.2. The van der Waals surface area contributed by atoms with E-state index in [0.717, 1.165) is 25.9 Å². The van der Waals surface area contributed by atoms with Crippen LogP contribution in [0.15, 0.2) is 54.6 Å². The van der Waals surface area contributed by atoms with Crippen LogP contribution in [0.25, 0.3) is 6.08 Å². The molecule has 7 nitrogen and oxygen atoms in total. The molecule has 1 aliphatic heterocycles. The molecule has 1 saturated heterocycles. The molecule has 0 spiro atoms. The quantitative estimate of drug-likeness (QED) is 0.470. The van der Waals surface area contributed by atoms with Crippen molar-refractivity contribution in [3.63, 3.8) is 0 Å². The van der Waals surface area contributed by atoms with Crippen molar-refractivity contribution in [2.75, 3.05) is 18.4 Å². The molecule has 29 heavy (non-hydrogen) atoms. The third kappa shape index (κ3) is 5.51. The number of non-ortho nitro benzene ring substituents is 1. The SMILES string of the molecule is CC1CCN(C(=O)c2ccc(NC(=O)/C=C/c3ccc([N+](=O)[O-])cc3)cc2)CC1. The molecule has 0 bridgehead atoms. The zero-order valence-electron chi connectivity index (χ0n) is 16.2. The molecule has 150 valence electrons. The number of carbonyl (C=O) groups is 2. The van der Waals surface area contributed by atoms with Gasteiger partial charge in [0.25, 0.3) is 11.6 Å². The summed E-state index contributed by atoms with van der Waals surface area (Å²) in [7, 11) is 0. The average molecular weight is 393 g/mol.